The molecular formula is C13H16F2N2O2S. The van der Waals surface area contributed by atoms with Crippen molar-refractivity contribution in [1.82, 2.24) is 10.6 Å². The van der Waals surface area contributed by atoms with Gasteiger partial charge in [-0.05, 0) is 26.0 Å². The molecule has 110 valence electrons. The van der Waals surface area contributed by atoms with Crippen LogP contribution in [-0.4, -0.2) is 30.2 Å². The van der Waals surface area contributed by atoms with E-state index in [1.165, 1.54) is 6.07 Å². The Bertz CT molecular complexity index is 497. The summed E-state index contributed by atoms with van der Waals surface area (Å²) in [5, 5.41) is 5.07. The van der Waals surface area contributed by atoms with Gasteiger partial charge in [0.15, 0.2) is 0 Å². The molecule has 7 heteroatoms. The van der Waals surface area contributed by atoms with Crippen LogP contribution in [0.5, 0.6) is 0 Å². The molecule has 1 aromatic carbocycles. The Balaban J connectivity index is 2.45. The van der Waals surface area contributed by atoms with Gasteiger partial charge in [0.25, 0.3) is 0 Å². The molecule has 0 aromatic heterocycles. The minimum Gasteiger partial charge on any atom is -0.355 e. The molecule has 0 radical (unpaired) electrons. The number of rotatable bonds is 6. The van der Waals surface area contributed by atoms with Crippen LogP contribution in [0.15, 0.2) is 23.1 Å². The first kappa shape index (κ1) is 16.4. The fourth-order valence-electron chi connectivity index (χ4n) is 1.41. The van der Waals surface area contributed by atoms with Crippen molar-refractivity contribution in [1.29, 1.82) is 0 Å². The largest absolute Gasteiger partial charge is 0.355 e. The second-order valence-electron chi connectivity index (χ2n) is 4.05. The van der Waals surface area contributed by atoms with Crippen molar-refractivity contribution in [2.45, 2.75) is 24.8 Å². The number of halogens is 2. The molecule has 1 aromatic rings. The number of nitrogens with one attached hydrogen (secondary N) is 2. The van der Waals surface area contributed by atoms with Gasteiger partial charge >= 0.3 is 0 Å². The number of carbonyl (C=O) groups excluding carboxylic acids is 2. The standard InChI is InChI=1S/C13H16F2N2O2S/c1-3-16-13(19)8(2)17-12(18)7-20-11-5-4-9(14)6-10(11)15/h4-6,8H,3,7H2,1-2H3,(H,16,19)(H,17,18)/t8-/m0/s1. The van der Waals surface area contributed by atoms with Crippen LogP contribution in [0.1, 0.15) is 13.8 Å². The summed E-state index contributed by atoms with van der Waals surface area (Å²) in [7, 11) is 0. The first-order chi connectivity index (χ1) is 9.43. The second-order valence-corrected chi connectivity index (χ2v) is 5.06. The van der Waals surface area contributed by atoms with Gasteiger partial charge in [-0.2, -0.15) is 0 Å². The maximum Gasteiger partial charge on any atom is 0.242 e. The number of hydrogen-bond acceptors (Lipinski definition) is 3. The van der Waals surface area contributed by atoms with E-state index in [0.29, 0.717) is 6.54 Å². The van der Waals surface area contributed by atoms with Gasteiger partial charge in [-0.1, -0.05) is 0 Å². The third-order valence-electron chi connectivity index (χ3n) is 2.37. The van der Waals surface area contributed by atoms with Crippen molar-refractivity contribution in [3.8, 4) is 0 Å². The van der Waals surface area contributed by atoms with E-state index in [9.17, 15) is 18.4 Å². The number of thioether (sulfide) groups is 1. The average molecular weight is 302 g/mol. The van der Waals surface area contributed by atoms with Crippen molar-refractivity contribution in [3.05, 3.63) is 29.8 Å². The molecule has 20 heavy (non-hydrogen) atoms. The highest BCUT2D eigenvalue weighted by molar-refractivity contribution is 8.00. The Hall–Kier alpha value is -1.63. The Kier molecular flexibility index (Phi) is 6.44. The summed E-state index contributed by atoms with van der Waals surface area (Å²) in [6, 6.07) is 2.51. The number of likely N-dealkylation sites (N-methyl/N-ethyl adjacent to an activating group) is 1. The highest BCUT2D eigenvalue weighted by atomic mass is 32.2. The molecule has 0 saturated carbocycles. The molecule has 0 unspecified atom stereocenters. The predicted molar refractivity (Wildman–Crippen MR) is 73.4 cm³/mol. The quantitative estimate of drug-likeness (QED) is 0.786. The van der Waals surface area contributed by atoms with Crippen LogP contribution in [-0.2, 0) is 9.59 Å². The number of carbonyl (C=O) groups is 2. The lowest BCUT2D eigenvalue weighted by molar-refractivity contribution is -0.127. The molecular weight excluding hydrogens is 286 g/mol. The zero-order valence-corrected chi connectivity index (χ0v) is 12.0. The highest BCUT2D eigenvalue weighted by Gasteiger charge is 2.15. The van der Waals surface area contributed by atoms with Gasteiger partial charge in [0.05, 0.1) is 5.75 Å². The summed E-state index contributed by atoms with van der Waals surface area (Å²) in [4.78, 5) is 23.2. The van der Waals surface area contributed by atoms with Gasteiger partial charge in [-0.15, -0.1) is 11.8 Å². The third-order valence-corrected chi connectivity index (χ3v) is 3.42. The summed E-state index contributed by atoms with van der Waals surface area (Å²) in [6.45, 7) is 3.82. The summed E-state index contributed by atoms with van der Waals surface area (Å²) in [6.07, 6.45) is 0. The molecule has 0 fully saturated rings. The summed E-state index contributed by atoms with van der Waals surface area (Å²) < 4.78 is 26.0. The molecule has 0 spiro atoms. The van der Waals surface area contributed by atoms with Crippen LogP contribution >= 0.6 is 11.8 Å². The van der Waals surface area contributed by atoms with E-state index < -0.39 is 23.6 Å². The van der Waals surface area contributed by atoms with Crippen LogP contribution in [0.2, 0.25) is 0 Å². The molecule has 1 rings (SSSR count). The fraction of sp³-hybridized carbons (Fsp3) is 0.385. The topological polar surface area (TPSA) is 58.2 Å². The molecule has 0 heterocycles. The third kappa shape index (κ3) is 5.16. The van der Waals surface area contributed by atoms with E-state index in [4.69, 9.17) is 0 Å². The first-order valence-corrected chi connectivity index (χ1v) is 7.07. The van der Waals surface area contributed by atoms with E-state index in [1.807, 2.05) is 0 Å². The normalized spacial score (nSPS) is 11.8. The lowest BCUT2D eigenvalue weighted by Crippen LogP contribution is -2.45. The van der Waals surface area contributed by atoms with E-state index in [1.54, 1.807) is 13.8 Å². The number of benzene rings is 1. The van der Waals surface area contributed by atoms with Gasteiger partial charge in [0.2, 0.25) is 11.8 Å². The summed E-state index contributed by atoms with van der Waals surface area (Å²) in [5.41, 5.74) is 0. The minimum absolute atomic E-state index is 0.0493. The molecule has 0 aliphatic heterocycles. The van der Waals surface area contributed by atoms with Crippen LogP contribution < -0.4 is 10.6 Å². The molecule has 0 saturated heterocycles. The summed E-state index contributed by atoms with van der Waals surface area (Å²) >= 11 is 0.945. The van der Waals surface area contributed by atoms with Crippen LogP contribution in [0.3, 0.4) is 0 Å². The van der Waals surface area contributed by atoms with Crippen molar-refractivity contribution in [2.24, 2.45) is 0 Å². The Morgan fingerprint density at radius 3 is 2.65 bits per heavy atom. The average Bonchev–Trinajstić information content (AvgIpc) is 2.37. The second kappa shape index (κ2) is 7.84. The van der Waals surface area contributed by atoms with E-state index in [-0.39, 0.29) is 16.6 Å². The maximum absolute atomic E-state index is 13.3. The zero-order chi connectivity index (χ0) is 15.1. The van der Waals surface area contributed by atoms with Gasteiger partial charge in [-0.25, -0.2) is 8.78 Å². The smallest absolute Gasteiger partial charge is 0.242 e. The minimum atomic E-state index is -0.709. The van der Waals surface area contributed by atoms with E-state index in [0.717, 1.165) is 23.9 Å². The lowest BCUT2D eigenvalue weighted by Gasteiger charge is -2.13. The van der Waals surface area contributed by atoms with Crippen LogP contribution in [0.25, 0.3) is 0 Å². The fourth-order valence-corrected chi connectivity index (χ4v) is 2.14. The molecule has 0 bridgehead atoms. The Morgan fingerprint density at radius 2 is 2.05 bits per heavy atom. The molecule has 2 N–H and O–H groups in total. The van der Waals surface area contributed by atoms with Gasteiger partial charge in [0, 0.05) is 17.5 Å². The van der Waals surface area contributed by atoms with E-state index in [2.05, 4.69) is 10.6 Å². The van der Waals surface area contributed by atoms with E-state index >= 15 is 0 Å². The van der Waals surface area contributed by atoms with Crippen LogP contribution in [0.4, 0.5) is 8.78 Å². The Morgan fingerprint density at radius 1 is 1.35 bits per heavy atom. The monoisotopic (exact) mass is 302 g/mol. The Labute approximate surface area is 120 Å². The van der Waals surface area contributed by atoms with Gasteiger partial charge < -0.3 is 10.6 Å². The zero-order valence-electron chi connectivity index (χ0n) is 11.2. The highest BCUT2D eigenvalue weighted by Crippen LogP contribution is 2.21. The van der Waals surface area contributed by atoms with Crippen molar-refractivity contribution in [3.63, 3.8) is 0 Å². The summed E-state index contributed by atoms with van der Waals surface area (Å²) in [5.74, 6) is -2.09. The van der Waals surface area contributed by atoms with Gasteiger partial charge in [0.1, 0.15) is 17.7 Å². The molecule has 2 amide bonds. The lowest BCUT2D eigenvalue weighted by atomic mass is 10.3. The number of hydrogen-bond donors (Lipinski definition) is 2. The number of amides is 2. The van der Waals surface area contributed by atoms with Crippen molar-refractivity contribution in [2.75, 3.05) is 12.3 Å². The van der Waals surface area contributed by atoms with Gasteiger partial charge in [-0.3, -0.25) is 9.59 Å². The molecule has 1 atom stereocenters. The molecule has 0 aliphatic carbocycles. The van der Waals surface area contributed by atoms with Crippen LogP contribution in [0, 0.1) is 11.6 Å². The van der Waals surface area contributed by atoms with Crippen molar-refractivity contribution < 1.29 is 18.4 Å². The molecule has 4 nitrogen and oxygen atoms in total. The predicted octanol–water partition coefficient (Wildman–Crippen LogP) is 1.70. The van der Waals surface area contributed by atoms with Crippen molar-refractivity contribution >= 4 is 23.6 Å². The SMILES string of the molecule is CCNC(=O)[C@H](C)NC(=O)CSc1ccc(F)cc1F. The first-order valence-electron chi connectivity index (χ1n) is 6.09. The maximum atomic E-state index is 13.3. The molecule has 0 aliphatic rings.